The number of carbonyl (C=O) groups is 2. The third-order valence-electron chi connectivity index (χ3n) is 6.82. The highest BCUT2D eigenvalue weighted by Crippen LogP contribution is 2.33. The lowest BCUT2D eigenvalue weighted by Gasteiger charge is -2.23. The van der Waals surface area contributed by atoms with E-state index in [2.05, 4.69) is 15.5 Å². The topological polar surface area (TPSA) is 118 Å². The van der Waals surface area contributed by atoms with E-state index in [1.165, 1.54) is 19.4 Å². The summed E-state index contributed by atoms with van der Waals surface area (Å²) >= 11 is 0. The molecule has 1 aromatic carbocycles. The van der Waals surface area contributed by atoms with Crippen LogP contribution in [0.2, 0.25) is 0 Å². The van der Waals surface area contributed by atoms with E-state index in [0.29, 0.717) is 45.5 Å². The van der Waals surface area contributed by atoms with Crippen LogP contribution in [0, 0.1) is 5.82 Å². The Morgan fingerprint density at radius 3 is 2.73 bits per heavy atom. The van der Waals surface area contributed by atoms with Crippen molar-refractivity contribution in [3.8, 4) is 11.5 Å². The first-order valence-electron chi connectivity index (χ1n) is 12.8. The van der Waals surface area contributed by atoms with Crippen molar-refractivity contribution in [1.29, 1.82) is 0 Å². The summed E-state index contributed by atoms with van der Waals surface area (Å²) in [4.78, 5) is 38.4. The lowest BCUT2D eigenvalue weighted by Crippen LogP contribution is -2.27. The van der Waals surface area contributed by atoms with E-state index >= 15 is 0 Å². The summed E-state index contributed by atoms with van der Waals surface area (Å²) in [6.07, 6.45) is 0.928. The molecule has 0 aliphatic carbocycles. The van der Waals surface area contributed by atoms with E-state index < -0.39 is 6.09 Å². The number of nitrogens with one attached hydrogen (secondary N) is 1. The fourth-order valence-corrected chi connectivity index (χ4v) is 4.39. The van der Waals surface area contributed by atoms with Crippen LogP contribution < -0.4 is 15.1 Å². The Balaban J connectivity index is 1.47. The molecule has 0 atom stereocenters. The Kier molecular flexibility index (Phi) is 7.41. The molecule has 0 bridgehead atoms. The van der Waals surface area contributed by atoms with Gasteiger partial charge >= 0.3 is 6.09 Å². The number of fused-ring (bicyclic) bond motifs is 1. The molecule has 0 unspecified atom stereocenters. The molecule has 12 heteroatoms. The number of carbonyl (C=O) groups excluding carboxylic acids is 2. The van der Waals surface area contributed by atoms with Gasteiger partial charge in [-0.15, -0.1) is 10.2 Å². The fourth-order valence-electron chi connectivity index (χ4n) is 4.39. The maximum Gasteiger partial charge on any atom is 0.407 e. The van der Waals surface area contributed by atoms with Crippen molar-refractivity contribution in [3.63, 3.8) is 0 Å². The zero-order chi connectivity index (χ0) is 28.4. The zero-order valence-electron chi connectivity index (χ0n) is 22.6. The van der Waals surface area contributed by atoms with Crippen molar-refractivity contribution in [2.75, 3.05) is 23.9 Å². The van der Waals surface area contributed by atoms with E-state index in [1.807, 2.05) is 25.8 Å². The minimum atomic E-state index is -0.590. The van der Waals surface area contributed by atoms with Gasteiger partial charge in [0.15, 0.2) is 5.82 Å². The highest BCUT2D eigenvalue weighted by Gasteiger charge is 2.34. The molecule has 2 amide bonds. The van der Waals surface area contributed by atoms with Gasteiger partial charge in [-0.1, -0.05) is 24.3 Å². The highest BCUT2D eigenvalue weighted by atomic mass is 19.1. The standard InChI is InChI=1S/C28H29FN8O3/c1-17(2)35(4)25-12-19-20(23(33-25)15-40-28(39)30-3)14-37(27(19)38)24-11-7-10-22(32-24)26-34-31-16-36(26)13-18-8-5-6-9-21(18)29/h5-12,16-17H,13-15H2,1-4H3,(H,30,39). The first-order valence-corrected chi connectivity index (χ1v) is 12.8. The molecule has 206 valence electrons. The quantitative estimate of drug-likeness (QED) is 0.356. The number of nitrogens with zero attached hydrogens (tertiary/aromatic N) is 7. The first-order chi connectivity index (χ1) is 19.3. The number of halogens is 1. The molecule has 5 rings (SSSR count). The molecule has 4 heterocycles. The molecular formula is C28H29FN8O3. The Bertz CT molecular complexity index is 1570. The molecule has 0 spiro atoms. The van der Waals surface area contributed by atoms with Gasteiger partial charge in [0.25, 0.3) is 5.91 Å². The molecule has 0 saturated heterocycles. The zero-order valence-corrected chi connectivity index (χ0v) is 22.6. The van der Waals surface area contributed by atoms with Gasteiger partial charge in [-0.3, -0.25) is 9.69 Å². The Hall–Kier alpha value is -4.87. The second-order valence-electron chi connectivity index (χ2n) is 9.63. The van der Waals surface area contributed by atoms with Gasteiger partial charge in [0.05, 0.1) is 24.3 Å². The molecule has 0 fully saturated rings. The van der Waals surface area contributed by atoms with Gasteiger partial charge < -0.3 is 19.5 Å². The summed E-state index contributed by atoms with van der Waals surface area (Å²) in [6, 6.07) is 13.7. The molecule has 3 aromatic heterocycles. The number of benzene rings is 1. The number of aromatic nitrogens is 5. The van der Waals surface area contributed by atoms with Crippen LogP contribution in [0.25, 0.3) is 11.5 Å². The number of rotatable bonds is 8. The van der Waals surface area contributed by atoms with E-state index in [9.17, 15) is 14.0 Å². The van der Waals surface area contributed by atoms with Gasteiger partial charge in [0.1, 0.15) is 36.1 Å². The maximum atomic E-state index is 14.3. The third-order valence-corrected chi connectivity index (χ3v) is 6.82. The number of ether oxygens (including phenoxy) is 1. The van der Waals surface area contributed by atoms with Crippen LogP contribution >= 0.6 is 0 Å². The van der Waals surface area contributed by atoms with E-state index in [0.717, 1.165) is 0 Å². The summed E-state index contributed by atoms with van der Waals surface area (Å²) in [5, 5.41) is 10.6. The molecule has 11 nitrogen and oxygen atoms in total. The van der Waals surface area contributed by atoms with Crippen LogP contribution in [-0.2, 0) is 24.4 Å². The summed E-state index contributed by atoms with van der Waals surface area (Å²) in [5.74, 6) is 0.890. The molecular weight excluding hydrogens is 515 g/mol. The van der Waals surface area contributed by atoms with Crippen molar-refractivity contribution in [2.24, 2.45) is 0 Å². The monoisotopic (exact) mass is 544 g/mol. The Morgan fingerprint density at radius 1 is 1.18 bits per heavy atom. The van der Waals surface area contributed by atoms with Gasteiger partial charge in [-0.25, -0.2) is 19.2 Å². The van der Waals surface area contributed by atoms with Crippen LogP contribution in [0.3, 0.4) is 0 Å². The van der Waals surface area contributed by atoms with Crippen molar-refractivity contribution < 1.29 is 18.7 Å². The number of anilines is 2. The lowest BCUT2D eigenvalue weighted by molar-refractivity contribution is 0.0996. The smallest absolute Gasteiger partial charge is 0.407 e. The largest absolute Gasteiger partial charge is 0.443 e. The molecule has 1 aliphatic heterocycles. The van der Waals surface area contributed by atoms with Crippen molar-refractivity contribution >= 4 is 23.6 Å². The SMILES string of the molecule is CNC(=O)OCc1nc(N(C)C(C)C)cc2c1CN(c1cccc(-c3nncn3Cc3ccccc3F)n1)C2=O. The van der Waals surface area contributed by atoms with E-state index in [4.69, 9.17) is 14.7 Å². The van der Waals surface area contributed by atoms with Gasteiger partial charge in [0.2, 0.25) is 0 Å². The van der Waals surface area contributed by atoms with Crippen LogP contribution in [0.4, 0.5) is 20.8 Å². The average molecular weight is 545 g/mol. The summed E-state index contributed by atoms with van der Waals surface area (Å²) < 4.78 is 21.3. The van der Waals surface area contributed by atoms with Gasteiger partial charge in [0, 0.05) is 31.3 Å². The van der Waals surface area contributed by atoms with Crippen LogP contribution in [-0.4, -0.2) is 56.9 Å². The number of alkyl carbamates (subject to hydrolysis) is 1. The number of amides is 2. The predicted molar refractivity (Wildman–Crippen MR) is 146 cm³/mol. The predicted octanol–water partition coefficient (Wildman–Crippen LogP) is 3.78. The lowest BCUT2D eigenvalue weighted by atomic mass is 10.1. The van der Waals surface area contributed by atoms with E-state index in [-0.39, 0.29) is 37.5 Å². The normalized spacial score (nSPS) is 12.6. The van der Waals surface area contributed by atoms with E-state index in [1.54, 1.807) is 51.9 Å². The number of pyridine rings is 2. The second kappa shape index (κ2) is 11.1. The Labute approximate surface area is 230 Å². The van der Waals surface area contributed by atoms with Gasteiger partial charge in [-0.05, 0) is 38.1 Å². The molecule has 40 heavy (non-hydrogen) atoms. The fraction of sp³-hybridized carbons (Fsp3) is 0.286. The number of hydrogen-bond donors (Lipinski definition) is 1. The molecule has 4 aromatic rings. The van der Waals surface area contributed by atoms with Crippen LogP contribution in [0.5, 0.6) is 0 Å². The minimum absolute atomic E-state index is 0.0878. The highest BCUT2D eigenvalue weighted by molar-refractivity contribution is 6.10. The maximum absolute atomic E-state index is 14.3. The Morgan fingerprint density at radius 2 is 1.98 bits per heavy atom. The first kappa shape index (κ1) is 26.7. The molecule has 1 N–H and O–H groups in total. The molecule has 0 radical (unpaired) electrons. The van der Waals surface area contributed by atoms with Crippen molar-refractivity contribution in [3.05, 3.63) is 83.1 Å². The average Bonchev–Trinajstić information content (AvgIpc) is 3.56. The summed E-state index contributed by atoms with van der Waals surface area (Å²) in [5.41, 5.74) is 2.62. The summed E-state index contributed by atoms with van der Waals surface area (Å²) in [6.45, 7) is 4.38. The van der Waals surface area contributed by atoms with Crippen molar-refractivity contribution in [2.45, 2.75) is 39.6 Å². The van der Waals surface area contributed by atoms with Crippen molar-refractivity contribution in [1.82, 2.24) is 30.0 Å². The number of hydrogen-bond acceptors (Lipinski definition) is 8. The second-order valence-corrected chi connectivity index (χ2v) is 9.63. The van der Waals surface area contributed by atoms with Crippen LogP contribution in [0.1, 0.15) is 41.0 Å². The van der Waals surface area contributed by atoms with Crippen LogP contribution in [0.15, 0.2) is 54.9 Å². The minimum Gasteiger partial charge on any atom is -0.443 e. The summed E-state index contributed by atoms with van der Waals surface area (Å²) in [7, 11) is 3.37. The van der Waals surface area contributed by atoms with Gasteiger partial charge in [-0.2, -0.15) is 0 Å². The molecule has 0 saturated carbocycles. The molecule has 1 aliphatic rings. The third kappa shape index (κ3) is 5.20.